The highest BCUT2D eigenvalue weighted by Crippen LogP contribution is 2.45. The zero-order valence-electron chi connectivity index (χ0n) is 18.1. The van der Waals surface area contributed by atoms with E-state index in [0.717, 1.165) is 59.5 Å². The number of rotatable bonds is 4. The van der Waals surface area contributed by atoms with E-state index in [0.29, 0.717) is 13.0 Å². The number of aromatic nitrogens is 1. The summed E-state index contributed by atoms with van der Waals surface area (Å²) >= 11 is 0. The molecule has 2 aromatic carbocycles. The van der Waals surface area contributed by atoms with Gasteiger partial charge in [0, 0.05) is 54.3 Å². The van der Waals surface area contributed by atoms with Gasteiger partial charge in [0.05, 0.1) is 19.3 Å². The van der Waals surface area contributed by atoms with Crippen LogP contribution in [0.5, 0.6) is 11.5 Å². The topological polar surface area (TPSA) is 78.0 Å². The van der Waals surface area contributed by atoms with Crippen molar-refractivity contribution in [1.82, 2.24) is 9.88 Å². The Morgan fingerprint density at radius 1 is 1.23 bits per heavy atom. The van der Waals surface area contributed by atoms with Crippen LogP contribution in [0.1, 0.15) is 48.2 Å². The molecule has 0 radical (unpaired) electrons. The number of aliphatic hydroxyl groups is 2. The lowest BCUT2D eigenvalue weighted by molar-refractivity contribution is -0.0588. The Balaban J connectivity index is 1.25. The number of aromatic amines is 1. The van der Waals surface area contributed by atoms with Crippen molar-refractivity contribution in [3.63, 3.8) is 0 Å². The zero-order valence-corrected chi connectivity index (χ0v) is 18.1. The predicted molar refractivity (Wildman–Crippen MR) is 120 cm³/mol. The van der Waals surface area contributed by atoms with E-state index >= 15 is 0 Å². The molecule has 3 heterocycles. The van der Waals surface area contributed by atoms with Crippen molar-refractivity contribution in [3.05, 3.63) is 59.3 Å². The molecule has 0 saturated carbocycles. The number of likely N-dealkylation sites (tertiary alicyclic amines) is 1. The van der Waals surface area contributed by atoms with Gasteiger partial charge in [-0.3, -0.25) is 0 Å². The van der Waals surface area contributed by atoms with Crippen molar-refractivity contribution in [3.8, 4) is 11.5 Å². The number of fused-ring (bicyclic) bond motifs is 2. The van der Waals surface area contributed by atoms with Gasteiger partial charge in [0.15, 0.2) is 0 Å². The molecule has 1 spiro atoms. The summed E-state index contributed by atoms with van der Waals surface area (Å²) in [5.74, 6) is 1.48. The van der Waals surface area contributed by atoms with Gasteiger partial charge < -0.3 is 29.6 Å². The Morgan fingerprint density at radius 3 is 2.81 bits per heavy atom. The van der Waals surface area contributed by atoms with Crippen LogP contribution in [0.15, 0.2) is 42.6 Å². The van der Waals surface area contributed by atoms with Crippen LogP contribution in [0.3, 0.4) is 0 Å². The third kappa shape index (κ3) is 3.80. The Kier molecular flexibility index (Phi) is 5.16. The number of hydrogen-bond acceptors (Lipinski definition) is 5. The summed E-state index contributed by atoms with van der Waals surface area (Å²) in [5, 5.41) is 22.8. The first-order chi connectivity index (χ1) is 15.0. The molecule has 2 aliphatic heterocycles. The fourth-order valence-electron chi connectivity index (χ4n) is 5.07. The van der Waals surface area contributed by atoms with E-state index in [9.17, 15) is 10.2 Å². The fraction of sp³-hybridized carbons (Fsp3) is 0.440. The monoisotopic (exact) mass is 422 g/mol. The third-order valence-corrected chi connectivity index (χ3v) is 6.89. The van der Waals surface area contributed by atoms with E-state index in [1.54, 1.807) is 7.11 Å². The number of hydrogen-bond donors (Lipinski definition) is 3. The highest BCUT2D eigenvalue weighted by Gasteiger charge is 2.43. The SMILES string of the molecule is COc1ccc2c(c1)[C@H](O)CC1(CCN(C[C@@H](O)c3c[nH]c4ccc(C)cc34)CC1)O2. The number of nitrogens with zero attached hydrogens (tertiary/aromatic N) is 1. The van der Waals surface area contributed by atoms with Crippen LogP contribution < -0.4 is 9.47 Å². The molecule has 1 fully saturated rings. The van der Waals surface area contributed by atoms with Crippen LogP contribution in [0.2, 0.25) is 0 Å². The summed E-state index contributed by atoms with van der Waals surface area (Å²) in [6.07, 6.45) is 3.07. The highest BCUT2D eigenvalue weighted by atomic mass is 16.5. The molecular weight excluding hydrogens is 392 g/mol. The van der Waals surface area contributed by atoms with Crippen LogP contribution in [0.4, 0.5) is 0 Å². The molecule has 6 nitrogen and oxygen atoms in total. The molecule has 0 bridgehead atoms. The maximum absolute atomic E-state index is 10.9. The number of benzene rings is 2. The summed E-state index contributed by atoms with van der Waals surface area (Å²) in [4.78, 5) is 5.56. The van der Waals surface area contributed by atoms with Crippen LogP contribution in [0.25, 0.3) is 10.9 Å². The van der Waals surface area contributed by atoms with Gasteiger partial charge in [0.25, 0.3) is 0 Å². The first-order valence-corrected chi connectivity index (χ1v) is 11.0. The van der Waals surface area contributed by atoms with Gasteiger partial charge >= 0.3 is 0 Å². The first kappa shape index (κ1) is 20.4. The molecule has 164 valence electrons. The van der Waals surface area contributed by atoms with Gasteiger partial charge in [-0.05, 0) is 50.1 Å². The van der Waals surface area contributed by atoms with Crippen molar-refractivity contribution < 1.29 is 19.7 Å². The lowest BCUT2D eigenvalue weighted by Gasteiger charge is -2.46. The number of aliphatic hydroxyl groups excluding tert-OH is 2. The second-order valence-electron chi connectivity index (χ2n) is 9.02. The van der Waals surface area contributed by atoms with Gasteiger partial charge in [-0.2, -0.15) is 0 Å². The molecule has 2 atom stereocenters. The maximum Gasteiger partial charge on any atom is 0.126 e. The van der Waals surface area contributed by atoms with Gasteiger partial charge in [-0.1, -0.05) is 11.6 Å². The van der Waals surface area contributed by atoms with Crippen molar-refractivity contribution in [2.45, 2.75) is 44.0 Å². The Bertz CT molecular complexity index is 1080. The van der Waals surface area contributed by atoms with Crippen molar-refractivity contribution in [2.24, 2.45) is 0 Å². The number of β-amino-alcohol motifs (C(OH)–C–C–N with tert-alkyl or cyclic N) is 1. The summed E-state index contributed by atoms with van der Waals surface area (Å²) in [6.45, 7) is 4.32. The lowest BCUT2D eigenvalue weighted by Crippen LogP contribution is -2.51. The molecular formula is C25H30N2O4. The van der Waals surface area contributed by atoms with Crippen molar-refractivity contribution >= 4 is 10.9 Å². The van der Waals surface area contributed by atoms with Crippen LogP contribution in [-0.2, 0) is 0 Å². The third-order valence-electron chi connectivity index (χ3n) is 6.89. The molecule has 1 aromatic heterocycles. The molecule has 5 rings (SSSR count). The van der Waals surface area contributed by atoms with E-state index in [1.807, 2.05) is 24.4 Å². The average Bonchev–Trinajstić information content (AvgIpc) is 3.18. The number of ether oxygens (including phenoxy) is 2. The molecule has 6 heteroatoms. The number of methoxy groups -OCH3 is 1. The second-order valence-corrected chi connectivity index (χ2v) is 9.02. The second kappa shape index (κ2) is 7.86. The van der Waals surface area contributed by atoms with Crippen LogP contribution in [0, 0.1) is 6.92 Å². The molecule has 0 amide bonds. The minimum atomic E-state index is -0.551. The number of piperidine rings is 1. The van der Waals surface area contributed by atoms with E-state index in [4.69, 9.17) is 9.47 Å². The van der Waals surface area contributed by atoms with Gasteiger partial charge in [-0.25, -0.2) is 0 Å². The number of aryl methyl sites for hydroxylation is 1. The molecule has 31 heavy (non-hydrogen) atoms. The van der Waals surface area contributed by atoms with Crippen molar-refractivity contribution in [2.75, 3.05) is 26.7 Å². The van der Waals surface area contributed by atoms with E-state index < -0.39 is 12.2 Å². The summed E-state index contributed by atoms with van der Waals surface area (Å²) < 4.78 is 11.7. The molecule has 2 aliphatic rings. The Morgan fingerprint density at radius 2 is 2.03 bits per heavy atom. The average molecular weight is 423 g/mol. The molecule has 3 N–H and O–H groups in total. The maximum atomic E-state index is 10.9. The normalized spacial score (nSPS) is 21.6. The van der Waals surface area contributed by atoms with Gasteiger partial charge in [0.1, 0.15) is 17.1 Å². The minimum absolute atomic E-state index is 0.347. The van der Waals surface area contributed by atoms with E-state index in [-0.39, 0.29) is 5.60 Å². The summed E-state index contributed by atoms with van der Waals surface area (Å²) in [5.41, 5.74) is 3.65. The van der Waals surface area contributed by atoms with Gasteiger partial charge in [-0.15, -0.1) is 0 Å². The first-order valence-electron chi connectivity index (χ1n) is 11.0. The van der Waals surface area contributed by atoms with E-state index in [2.05, 4.69) is 35.0 Å². The number of nitrogens with one attached hydrogen (secondary N) is 1. The number of H-pyrrole nitrogens is 1. The standard InChI is InChI=1S/C25H30N2O4/c1-16-3-5-21-18(11-16)20(14-26-21)23(29)15-27-9-7-25(8-10-27)13-22(28)19-12-17(30-2)4-6-24(19)31-25/h3-6,11-12,14,22-23,26,28-29H,7-10,13,15H2,1-2H3/t22-,23-/m1/s1. The smallest absolute Gasteiger partial charge is 0.126 e. The molecule has 0 aliphatic carbocycles. The highest BCUT2D eigenvalue weighted by molar-refractivity contribution is 5.84. The predicted octanol–water partition coefficient (Wildman–Crippen LogP) is 3.87. The minimum Gasteiger partial charge on any atom is -0.497 e. The summed E-state index contributed by atoms with van der Waals surface area (Å²) in [6, 6.07) is 11.9. The van der Waals surface area contributed by atoms with Crippen molar-refractivity contribution in [1.29, 1.82) is 0 Å². The molecule has 0 unspecified atom stereocenters. The molecule has 1 saturated heterocycles. The lowest BCUT2D eigenvalue weighted by atomic mass is 9.81. The fourth-order valence-corrected chi connectivity index (χ4v) is 5.07. The quantitative estimate of drug-likeness (QED) is 0.595. The van der Waals surface area contributed by atoms with Gasteiger partial charge in [0.2, 0.25) is 0 Å². The Labute approximate surface area is 182 Å². The molecule has 3 aromatic rings. The Hall–Kier alpha value is -2.54. The largest absolute Gasteiger partial charge is 0.497 e. The van der Waals surface area contributed by atoms with E-state index in [1.165, 1.54) is 5.56 Å². The zero-order chi connectivity index (χ0) is 21.6. The van der Waals surface area contributed by atoms with Crippen LogP contribution in [-0.4, -0.2) is 52.4 Å². The van der Waals surface area contributed by atoms with Crippen LogP contribution >= 0.6 is 0 Å². The summed E-state index contributed by atoms with van der Waals surface area (Å²) in [7, 11) is 1.63.